The van der Waals surface area contributed by atoms with Crippen molar-refractivity contribution in [2.45, 2.75) is 18.9 Å². The van der Waals surface area contributed by atoms with Crippen LogP contribution < -0.4 is 10.2 Å². The van der Waals surface area contributed by atoms with E-state index in [0.29, 0.717) is 26.1 Å². The van der Waals surface area contributed by atoms with Crippen molar-refractivity contribution in [1.29, 1.82) is 0 Å². The first-order chi connectivity index (χ1) is 10.2. The minimum absolute atomic E-state index is 0.106. The third-order valence-corrected chi connectivity index (χ3v) is 5.41. The van der Waals surface area contributed by atoms with Crippen LogP contribution in [0.3, 0.4) is 0 Å². The predicted molar refractivity (Wildman–Crippen MR) is 91.6 cm³/mol. The molecule has 5 N–H and O–H groups in total. The summed E-state index contributed by atoms with van der Waals surface area (Å²) in [5.41, 5.74) is -0.433. The molecule has 0 saturated carbocycles. The number of hydrogen-bond acceptors (Lipinski definition) is 7. The molecule has 1 aliphatic heterocycles. The van der Waals surface area contributed by atoms with Crippen LogP contribution in [-0.2, 0) is 22.5 Å². The van der Waals surface area contributed by atoms with E-state index >= 15 is 0 Å². The molecule has 1 unspecified atom stereocenters. The van der Waals surface area contributed by atoms with Gasteiger partial charge in [0.25, 0.3) is 0 Å². The lowest BCUT2D eigenvalue weighted by molar-refractivity contribution is -0.901. The number of aliphatic hydroxyl groups is 3. The van der Waals surface area contributed by atoms with Crippen LogP contribution in [0.1, 0.15) is 13.3 Å². The number of nitrogens with one attached hydrogen (secondary N) is 2. The smallest absolute Gasteiger partial charge is 0.152 e. The molecule has 1 saturated heterocycles. The molecule has 0 radical (unpaired) electrons. The van der Waals surface area contributed by atoms with E-state index in [9.17, 15) is 8.42 Å². The fourth-order valence-corrected chi connectivity index (χ4v) is 4.79. The molecule has 22 heavy (non-hydrogen) atoms. The standard InChI is InChI=1S/C6H15NO3.C6H11NO2S3/c8-4-1-7(2-5-9)3-6-10;1-6(7-5(10)11)2-3-12(8,9)4-6/h8-10H,1-6H2;2-4H2,1H3,(H2,7,10,11). The SMILES string of the molecule is CC1(NC(=S)[S-])CCS(=O)(=O)C1.OCC[NH+](CCO)CCO. The van der Waals surface area contributed by atoms with Gasteiger partial charge in [-0.05, 0) is 13.3 Å². The molecule has 0 bridgehead atoms. The zero-order chi connectivity index (χ0) is 17.2. The fraction of sp³-hybridized carbons (Fsp3) is 0.917. The zero-order valence-electron chi connectivity index (χ0n) is 12.7. The molecule has 7 nitrogen and oxygen atoms in total. The molecule has 0 amide bonds. The van der Waals surface area contributed by atoms with Gasteiger partial charge in [-0.1, -0.05) is 4.32 Å². The normalized spacial score (nSPS) is 23.0. The highest BCUT2D eigenvalue weighted by Crippen LogP contribution is 2.22. The first-order valence-corrected chi connectivity index (χ1v) is 9.67. The van der Waals surface area contributed by atoms with E-state index in [0.717, 1.165) is 4.90 Å². The Kier molecular flexibility index (Phi) is 10.6. The number of hydrogen-bond donors (Lipinski definition) is 5. The third kappa shape index (κ3) is 9.82. The highest BCUT2D eigenvalue weighted by atomic mass is 32.2. The molecular weight excluding hydrogens is 348 g/mol. The Labute approximate surface area is 143 Å². The van der Waals surface area contributed by atoms with Crippen LogP contribution in [0.5, 0.6) is 0 Å². The van der Waals surface area contributed by atoms with Gasteiger partial charge in [0.15, 0.2) is 9.84 Å². The molecule has 0 aromatic rings. The predicted octanol–water partition coefficient (Wildman–Crippen LogP) is -3.17. The molecule has 0 aromatic heterocycles. The summed E-state index contributed by atoms with van der Waals surface area (Å²) in [5.74, 6) is 0.366. The molecule has 10 heteroatoms. The van der Waals surface area contributed by atoms with Crippen LogP contribution in [0.2, 0.25) is 0 Å². The Hall–Kier alpha value is -0.100. The topological polar surface area (TPSA) is 111 Å². The number of sulfone groups is 1. The van der Waals surface area contributed by atoms with Crippen LogP contribution >= 0.6 is 12.2 Å². The first-order valence-electron chi connectivity index (χ1n) is 7.04. The summed E-state index contributed by atoms with van der Waals surface area (Å²) >= 11 is 9.38. The molecule has 0 spiro atoms. The van der Waals surface area contributed by atoms with Crippen molar-refractivity contribution in [3.8, 4) is 0 Å². The second-order valence-corrected chi connectivity index (χ2v) is 8.74. The van der Waals surface area contributed by atoms with Crippen molar-refractivity contribution in [3.05, 3.63) is 0 Å². The molecule has 1 atom stereocenters. The van der Waals surface area contributed by atoms with Gasteiger partial charge in [0.1, 0.15) is 19.6 Å². The van der Waals surface area contributed by atoms with E-state index in [2.05, 4.69) is 30.2 Å². The van der Waals surface area contributed by atoms with Gasteiger partial charge in [-0.25, -0.2) is 8.42 Å². The maximum atomic E-state index is 11.1. The van der Waals surface area contributed by atoms with Crippen LogP contribution in [0.15, 0.2) is 0 Å². The van der Waals surface area contributed by atoms with Crippen molar-refractivity contribution in [3.63, 3.8) is 0 Å². The average molecular weight is 375 g/mol. The molecule has 0 aliphatic carbocycles. The summed E-state index contributed by atoms with van der Waals surface area (Å²) in [6.07, 6.45) is 0.589. The van der Waals surface area contributed by atoms with Crippen molar-refractivity contribution in [1.82, 2.24) is 5.32 Å². The first kappa shape index (κ1) is 21.9. The van der Waals surface area contributed by atoms with E-state index in [4.69, 9.17) is 15.3 Å². The van der Waals surface area contributed by atoms with Crippen LogP contribution in [0.25, 0.3) is 0 Å². The maximum Gasteiger partial charge on any atom is 0.152 e. The highest BCUT2D eigenvalue weighted by Gasteiger charge is 2.37. The van der Waals surface area contributed by atoms with Crippen molar-refractivity contribution in [2.24, 2.45) is 0 Å². The maximum absolute atomic E-state index is 11.1. The van der Waals surface area contributed by atoms with Crippen molar-refractivity contribution in [2.75, 3.05) is 51.0 Å². The number of quaternary nitrogens is 1. The molecule has 1 heterocycles. The monoisotopic (exact) mass is 374 g/mol. The second kappa shape index (κ2) is 10.6. The zero-order valence-corrected chi connectivity index (χ0v) is 15.2. The number of aliphatic hydroxyl groups excluding tert-OH is 3. The van der Waals surface area contributed by atoms with E-state index in [1.54, 1.807) is 0 Å². The minimum Gasteiger partial charge on any atom is -0.412 e. The Bertz CT molecular complexity index is 418. The van der Waals surface area contributed by atoms with Crippen molar-refractivity contribution >= 4 is 39.0 Å². The summed E-state index contributed by atoms with van der Waals surface area (Å²) in [6, 6.07) is 0. The van der Waals surface area contributed by atoms with Gasteiger partial charge < -0.3 is 50.4 Å². The van der Waals surface area contributed by atoms with E-state index in [1.807, 2.05) is 6.92 Å². The van der Waals surface area contributed by atoms with Crippen molar-refractivity contribution < 1.29 is 28.6 Å². The Morgan fingerprint density at radius 2 is 1.68 bits per heavy atom. The summed E-state index contributed by atoms with van der Waals surface area (Å²) in [5, 5.41) is 28.4. The van der Waals surface area contributed by atoms with Gasteiger partial charge in [0, 0.05) is 5.54 Å². The second-order valence-electron chi connectivity index (χ2n) is 5.49. The molecular formula is C12H26N2O5S3. The summed E-state index contributed by atoms with van der Waals surface area (Å²) in [7, 11) is -2.87. The quantitative estimate of drug-likeness (QED) is 0.235. The molecule has 0 aromatic carbocycles. The van der Waals surface area contributed by atoms with Gasteiger partial charge in [0.2, 0.25) is 0 Å². The Balaban J connectivity index is 0.000000409. The number of rotatable bonds is 7. The van der Waals surface area contributed by atoms with Crippen LogP contribution in [0, 0.1) is 0 Å². The summed E-state index contributed by atoms with van der Waals surface area (Å²) in [4.78, 5) is 1.03. The van der Waals surface area contributed by atoms with Gasteiger partial charge >= 0.3 is 0 Å². The van der Waals surface area contributed by atoms with Gasteiger partial charge in [-0.15, -0.1) is 0 Å². The Morgan fingerprint density at radius 1 is 1.23 bits per heavy atom. The van der Waals surface area contributed by atoms with Gasteiger partial charge in [-0.3, -0.25) is 0 Å². The molecule has 1 aliphatic rings. The molecule has 1 rings (SSSR count). The van der Waals surface area contributed by atoms with Gasteiger partial charge in [0.05, 0.1) is 31.3 Å². The Morgan fingerprint density at radius 3 is 1.95 bits per heavy atom. The lowest BCUT2D eigenvalue weighted by Crippen LogP contribution is -3.13. The number of thiocarbonyl (C=S) groups is 1. The summed E-state index contributed by atoms with van der Waals surface area (Å²) in [6.45, 7) is 3.94. The highest BCUT2D eigenvalue weighted by molar-refractivity contribution is 8.00. The molecule has 132 valence electrons. The fourth-order valence-electron chi connectivity index (χ4n) is 2.20. The van der Waals surface area contributed by atoms with E-state index < -0.39 is 15.4 Å². The lowest BCUT2D eigenvalue weighted by Gasteiger charge is -2.27. The van der Waals surface area contributed by atoms with Crippen LogP contribution in [-0.4, -0.2) is 84.6 Å². The van der Waals surface area contributed by atoms with E-state index in [-0.39, 0.29) is 35.6 Å². The molecule has 1 fully saturated rings. The average Bonchev–Trinajstić information content (AvgIpc) is 2.64. The minimum atomic E-state index is -2.87. The largest absolute Gasteiger partial charge is 0.412 e. The van der Waals surface area contributed by atoms with Crippen LogP contribution in [0.4, 0.5) is 0 Å². The lowest BCUT2D eigenvalue weighted by atomic mass is 10.0. The van der Waals surface area contributed by atoms with Gasteiger partial charge in [-0.2, -0.15) is 0 Å². The third-order valence-electron chi connectivity index (χ3n) is 3.30. The van der Waals surface area contributed by atoms with E-state index in [1.165, 1.54) is 0 Å². The summed E-state index contributed by atoms with van der Waals surface area (Å²) < 4.78 is 22.5.